The fraction of sp³-hybridized carbons (Fsp3) is 0.136. The van der Waals surface area contributed by atoms with E-state index in [1.807, 2.05) is 0 Å². The van der Waals surface area contributed by atoms with E-state index in [-0.39, 0.29) is 27.7 Å². The third kappa shape index (κ3) is 3.91. The molecule has 0 spiro atoms. The number of carbonyl (C=O) groups excluding carboxylic acids is 1. The summed E-state index contributed by atoms with van der Waals surface area (Å²) in [6, 6.07) is 9.37. The standard InChI is InChI=1S/C22H20F2N2O3S/c1-4-13-26-15(3)14(2)20(30(28,29)19-11-9-18(24)10-12-19)21(26)25-22(27)16-5-7-17(23)8-6-16/h4-12H,1,13H2,2-3H3,(H,25,27). The molecule has 1 aromatic heterocycles. The van der Waals surface area contributed by atoms with Gasteiger partial charge in [-0.3, -0.25) is 4.79 Å². The molecule has 0 aliphatic rings. The van der Waals surface area contributed by atoms with Crippen molar-refractivity contribution in [2.75, 3.05) is 5.32 Å². The number of anilines is 1. The minimum Gasteiger partial charge on any atom is -0.327 e. The van der Waals surface area contributed by atoms with Crippen molar-refractivity contribution in [2.24, 2.45) is 0 Å². The van der Waals surface area contributed by atoms with E-state index in [1.54, 1.807) is 24.5 Å². The van der Waals surface area contributed by atoms with Crippen molar-refractivity contribution in [1.29, 1.82) is 0 Å². The molecule has 0 unspecified atom stereocenters. The molecule has 0 atom stereocenters. The molecule has 3 rings (SSSR count). The number of nitrogens with zero attached hydrogens (tertiary/aromatic N) is 1. The highest BCUT2D eigenvalue weighted by Gasteiger charge is 2.30. The van der Waals surface area contributed by atoms with E-state index in [1.165, 1.54) is 24.3 Å². The molecule has 0 saturated carbocycles. The van der Waals surface area contributed by atoms with Gasteiger partial charge in [-0.05, 0) is 67.9 Å². The summed E-state index contributed by atoms with van der Waals surface area (Å²) in [4.78, 5) is 12.6. The number of halogens is 2. The number of benzene rings is 2. The molecule has 0 radical (unpaired) electrons. The number of hydrogen-bond donors (Lipinski definition) is 1. The van der Waals surface area contributed by atoms with Crippen LogP contribution in [0.15, 0.2) is 71.0 Å². The molecule has 0 aliphatic heterocycles. The molecule has 1 amide bonds. The zero-order chi connectivity index (χ0) is 22.1. The Hall–Kier alpha value is -3.26. The smallest absolute Gasteiger partial charge is 0.256 e. The summed E-state index contributed by atoms with van der Waals surface area (Å²) in [7, 11) is -4.07. The molecule has 156 valence electrons. The molecule has 1 heterocycles. The zero-order valence-corrected chi connectivity index (χ0v) is 17.3. The van der Waals surface area contributed by atoms with Crippen LogP contribution >= 0.6 is 0 Å². The maximum absolute atomic E-state index is 13.4. The molecule has 5 nitrogen and oxygen atoms in total. The number of aromatic nitrogens is 1. The van der Waals surface area contributed by atoms with Crippen LogP contribution in [-0.4, -0.2) is 18.9 Å². The maximum Gasteiger partial charge on any atom is 0.256 e. The van der Waals surface area contributed by atoms with Gasteiger partial charge in [0.25, 0.3) is 5.91 Å². The summed E-state index contributed by atoms with van der Waals surface area (Å²) in [6.45, 7) is 7.31. The third-order valence-electron chi connectivity index (χ3n) is 4.82. The van der Waals surface area contributed by atoms with Crippen molar-refractivity contribution in [3.8, 4) is 0 Å². The predicted octanol–water partition coefficient (Wildman–Crippen LogP) is 4.65. The van der Waals surface area contributed by atoms with Crippen LogP contribution in [0, 0.1) is 25.5 Å². The molecule has 0 bridgehead atoms. The maximum atomic E-state index is 13.4. The van der Waals surface area contributed by atoms with Gasteiger partial charge in [0.05, 0.1) is 4.90 Å². The average Bonchev–Trinajstić information content (AvgIpc) is 2.94. The Morgan fingerprint density at radius 2 is 1.57 bits per heavy atom. The van der Waals surface area contributed by atoms with Crippen molar-refractivity contribution in [1.82, 2.24) is 4.57 Å². The van der Waals surface area contributed by atoms with Crippen LogP contribution in [0.1, 0.15) is 21.6 Å². The van der Waals surface area contributed by atoms with Gasteiger partial charge >= 0.3 is 0 Å². The summed E-state index contributed by atoms with van der Waals surface area (Å²) in [6.07, 6.45) is 1.58. The van der Waals surface area contributed by atoms with Gasteiger partial charge in [-0.15, -0.1) is 6.58 Å². The van der Waals surface area contributed by atoms with Gasteiger partial charge < -0.3 is 9.88 Å². The van der Waals surface area contributed by atoms with Crippen LogP contribution in [0.3, 0.4) is 0 Å². The van der Waals surface area contributed by atoms with Crippen molar-refractivity contribution in [2.45, 2.75) is 30.2 Å². The fourth-order valence-electron chi connectivity index (χ4n) is 3.16. The molecule has 0 aliphatic carbocycles. The monoisotopic (exact) mass is 430 g/mol. The highest BCUT2D eigenvalue weighted by Crippen LogP contribution is 2.35. The summed E-state index contributed by atoms with van der Waals surface area (Å²) >= 11 is 0. The van der Waals surface area contributed by atoms with Crippen LogP contribution in [0.5, 0.6) is 0 Å². The Morgan fingerprint density at radius 3 is 2.10 bits per heavy atom. The molecule has 0 fully saturated rings. The Balaban J connectivity index is 2.17. The first kappa shape index (κ1) is 21.4. The van der Waals surface area contributed by atoms with Crippen LogP contribution < -0.4 is 5.32 Å². The summed E-state index contributed by atoms with van der Waals surface area (Å²) in [5.74, 6) is -1.57. The highest BCUT2D eigenvalue weighted by atomic mass is 32.2. The van der Waals surface area contributed by atoms with Gasteiger partial charge in [0.15, 0.2) is 0 Å². The van der Waals surface area contributed by atoms with Crippen molar-refractivity contribution in [3.63, 3.8) is 0 Å². The average molecular weight is 430 g/mol. The molecule has 1 N–H and O–H groups in total. The van der Waals surface area contributed by atoms with Gasteiger partial charge in [0.2, 0.25) is 9.84 Å². The largest absolute Gasteiger partial charge is 0.327 e. The minimum atomic E-state index is -4.07. The lowest BCUT2D eigenvalue weighted by Crippen LogP contribution is -2.18. The fourth-order valence-corrected chi connectivity index (χ4v) is 4.85. The highest BCUT2D eigenvalue weighted by molar-refractivity contribution is 7.91. The van der Waals surface area contributed by atoms with E-state index in [0.717, 1.165) is 24.3 Å². The van der Waals surface area contributed by atoms with E-state index < -0.39 is 27.4 Å². The van der Waals surface area contributed by atoms with E-state index in [9.17, 15) is 22.0 Å². The van der Waals surface area contributed by atoms with Crippen LogP contribution in [0.25, 0.3) is 0 Å². The zero-order valence-electron chi connectivity index (χ0n) is 16.4. The topological polar surface area (TPSA) is 68.2 Å². The number of allylic oxidation sites excluding steroid dienone is 1. The molecule has 3 aromatic rings. The first-order valence-corrected chi connectivity index (χ1v) is 10.5. The predicted molar refractivity (Wildman–Crippen MR) is 110 cm³/mol. The molecular formula is C22H20F2N2O3S. The van der Waals surface area contributed by atoms with Crippen molar-refractivity contribution < 1.29 is 22.0 Å². The van der Waals surface area contributed by atoms with Crippen LogP contribution in [0.4, 0.5) is 14.6 Å². The number of amides is 1. The molecule has 0 saturated heterocycles. The Bertz CT molecular complexity index is 1210. The molecular weight excluding hydrogens is 410 g/mol. The third-order valence-corrected chi connectivity index (χ3v) is 6.75. The number of hydrogen-bond acceptors (Lipinski definition) is 3. The lowest BCUT2D eigenvalue weighted by atomic mass is 10.2. The quantitative estimate of drug-likeness (QED) is 0.457. The van der Waals surface area contributed by atoms with Gasteiger partial charge in [-0.2, -0.15) is 0 Å². The second-order valence-corrected chi connectivity index (χ2v) is 8.59. The van der Waals surface area contributed by atoms with E-state index in [4.69, 9.17) is 0 Å². The molecule has 8 heteroatoms. The Kier molecular flexibility index (Phi) is 5.89. The normalized spacial score (nSPS) is 11.3. The Morgan fingerprint density at radius 1 is 1.03 bits per heavy atom. The first-order chi connectivity index (χ1) is 14.2. The SMILES string of the molecule is C=CCn1c(C)c(C)c(S(=O)(=O)c2ccc(F)cc2)c1NC(=O)c1ccc(F)cc1. The van der Waals surface area contributed by atoms with Gasteiger partial charge in [0, 0.05) is 17.8 Å². The van der Waals surface area contributed by atoms with Gasteiger partial charge in [-0.1, -0.05) is 6.08 Å². The first-order valence-electron chi connectivity index (χ1n) is 9.05. The lowest BCUT2D eigenvalue weighted by Gasteiger charge is -2.13. The number of sulfone groups is 1. The molecule has 2 aromatic carbocycles. The lowest BCUT2D eigenvalue weighted by molar-refractivity contribution is 0.102. The second kappa shape index (κ2) is 8.23. The molecule has 30 heavy (non-hydrogen) atoms. The summed E-state index contributed by atoms with van der Waals surface area (Å²) in [5, 5.41) is 2.65. The number of rotatable bonds is 6. The van der Waals surface area contributed by atoms with E-state index >= 15 is 0 Å². The summed E-state index contributed by atoms with van der Waals surface area (Å²) in [5.41, 5.74) is 1.25. The van der Waals surface area contributed by atoms with E-state index in [2.05, 4.69) is 11.9 Å². The van der Waals surface area contributed by atoms with Crippen molar-refractivity contribution in [3.05, 3.63) is 89.6 Å². The van der Waals surface area contributed by atoms with Crippen molar-refractivity contribution >= 4 is 21.6 Å². The number of nitrogens with one attached hydrogen (secondary N) is 1. The van der Waals surface area contributed by atoms with E-state index in [0.29, 0.717) is 11.3 Å². The van der Waals surface area contributed by atoms with Gasteiger partial charge in [0.1, 0.15) is 22.3 Å². The second-order valence-electron chi connectivity index (χ2n) is 6.71. The van der Waals surface area contributed by atoms with Crippen LogP contribution in [-0.2, 0) is 16.4 Å². The van der Waals surface area contributed by atoms with Crippen LogP contribution in [0.2, 0.25) is 0 Å². The Labute approximate surface area is 173 Å². The van der Waals surface area contributed by atoms with Gasteiger partial charge in [-0.25, -0.2) is 17.2 Å². The summed E-state index contributed by atoms with van der Waals surface area (Å²) < 4.78 is 54.8. The minimum absolute atomic E-state index is 0.0727. The number of carbonyl (C=O) groups is 1.